The molecule has 2 N–H and O–H groups in total. The van der Waals surface area contributed by atoms with Crippen molar-refractivity contribution >= 4 is 5.91 Å². The van der Waals surface area contributed by atoms with E-state index in [9.17, 15) is 4.79 Å². The Morgan fingerprint density at radius 2 is 2.12 bits per heavy atom. The lowest BCUT2D eigenvalue weighted by atomic mass is 9.91. The van der Waals surface area contributed by atoms with Crippen LogP contribution in [0.2, 0.25) is 0 Å². The van der Waals surface area contributed by atoms with E-state index in [-0.39, 0.29) is 24.0 Å². The largest absolute Gasteiger partial charge is 0.396 e. The molecule has 1 fully saturated rings. The van der Waals surface area contributed by atoms with E-state index in [1.54, 1.807) is 6.92 Å². The molecule has 0 aromatic heterocycles. The summed E-state index contributed by atoms with van der Waals surface area (Å²) in [7, 11) is 0. The van der Waals surface area contributed by atoms with Crippen LogP contribution in [-0.2, 0) is 14.3 Å². The molecule has 0 aromatic rings. The highest BCUT2D eigenvalue weighted by molar-refractivity contribution is 5.83. The molecule has 0 radical (unpaired) electrons. The van der Waals surface area contributed by atoms with Crippen molar-refractivity contribution in [3.05, 3.63) is 0 Å². The molecule has 1 rings (SSSR count). The van der Waals surface area contributed by atoms with Gasteiger partial charge in [-0.2, -0.15) is 0 Å². The minimum absolute atomic E-state index is 0.0568. The van der Waals surface area contributed by atoms with Crippen molar-refractivity contribution in [2.24, 2.45) is 5.92 Å². The molecule has 5 heteroatoms. The van der Waals surface area contributed by atoms with Crippen LogP contribution in [-0.4, -0.2) is 42.2 Å². The highest BCUT2D eigenvalue weighted by Gasteiger charge is 2.47. The third-order valence-corrected chi connectivity index (χ3v) is 3.29. The van der Waals surface area contributed by atoms with Gasteiger partial charge in [-0.05, 0) is 27.2 Å². The van der Waals surface area contributed by atoms with Crippen molar-refractivity contribution in [3.63, 3.8) is 0 Å². The van der Waals surface area contributed by atoms with Gasteiger partial charge in [0.15, 0.2) is 0 Å². The fraction of sp³-hybridized carbons (Fsp3) is 0.917. The number of carbonyl (C=O) groups excluding carboxylic acids is 1. The molecule has 0 aromatic carbocycles. The molecule has 1 saturated heterocycles. The van der Waals surface area contributed by atoms with Crippen LogP contribution in [0.1, 0.15) is 34.1 Å². The summed E-state index contributed by atoms with van der Waals surface area (Å²) >= 11 is 0. The summed E-state index contributed by atoms with van der Waals surface area (Å²) in [6, 6.07) is 0. The number of rotatable bonds is 4. The van der Waals surface area contributed by atoms with Crippen LogP contribution in [0.25, 0.3) is 0 Å². The monoisotopic (exact) mass is 245 g/mol. The zero-order valence-electron chi connectivity index (χ0n) is 11.1. The van der Waals surface area contributed by atoms with E-state index in [1.165, 1.54) is 0 Å². The van der Waals surface area contributed by atoms with E-state index in [0.29, 0.717) is 19.6 Å². The zero-order valence-corrected chi connectivity index (χ0v) is 11.1. The lowest BCUT2D eigenvalue weighted by Crippen LogP contribution is -2.59. The first-order chi connectivity index (χ1) is 7.82. The summed E-state index contributed by atoms with van der Waals surface area (Å²) in [6.07, 6.45) is 0.529. The maximum atomic E-state index is 11.9. The van der Waals surface area contributed by atoms with E-state index in [0.717, 1.165) is 0 Å². The molecule has 2 atom stereocenters. The van der Waals surface area contributed by atoms with Gasteiger partial charge in [-0.15, -0.1) is 0 Å². The van der Waals surface area contributed by atoms with E-state index in [4.69, 9.17) is 14.6 Å². The second-order valence-electron chi connectivity index (χ2n) is 5.20. The van der Waals surface area contributed by atoms with Gasteiger partial charge in [0.25, 0.3) is 5.91 Å². The molecule has 0 saturated carbocycles. The van der Waals surface area contributed by atoms with E-state index < -0.39 is 5.79 Å². The minimum atomic E-state index is -1.23. The Morgan fingerprint density at radius 1 is 1.47 bits per heavy atom. The van der Waals surface area contributed by atoms with Crippen LogP contribution in [0.3, 0.4) is 0 Å². The normalized spacial score (nSPS) is 32.2. The van der Waals surface area contributed by atoms with Crippen molar-refractivity contribution in [1.82, 2.24) is 5.32 Å². The summed E-state index contributed by atoms with van der Waals surface area (Å²) in [5, 5.41) is 11.4. The molecule has 0 spiro atoms. The van der Waals surface area contributed by atoms with Crippen LogP contribution in [0.4, 0.5) is 0 Å². The highest BCUT2D eigenvalue weighted by atomic mass is 16.7. The van der Waals surface area contributed by atoms with Gasteiger partial charge in [0.05, 0.1) is 12.2 Å². The van der Waals surface area contributed by atoms with Gasteiger partial charge in [-0.1, -0.05) is 6.92 Å². The Labute approximate surface area is 102 Å². The molecule has 0 aliphatic carbocycles. The van der Waals surface area contributed by atoms with E-state index in [1.807, 2.05) is 20.8 Å². The number of nitrogens with one attached hydrogen (secondary N) is 1. The molecule has 1 aliphatic heterocycles. The molecular weight excluding hydrogens is 222 g/mol. The molecule has 5 nitrogen and oxygen atoms in total. The second kappa shape index (κ2) is 5.33. The average Bonchev–Trinajstić information content (AvgIpc) is 2.24. The number of carbonyl (C=O) groups is 1. The summed E-state index contributed by atoms with van der Waals surface area (Å²) in [4.78, 5) is 11.9. The van der Waals surface area contributed by atoms with Gasteiger partial charge in [0, 0.05) is 19.1 Å². The first-order valence-corrected chi connectivity index (χ1v) is 6.05. The molecule has 17 heavy (non-hydrogen) atoms. The first-order valence-electron chi connectivity index (χ1n) is 6.05. The van der Waals surface area contributed by atoms with Gasteiger partial charge in [0.2, 0.25) is 5.79 Å². The minimum Gasteiger partial charge on any atom is -0.396 e. The predicted molar refractivity (Wildman–Crippen MR) is 63.4 cm³/mol. The van der Waals surface area contributed by atoms with Crippen LogP contribution in [0, 0.1) is 5.92 Å². The van der Waals surface area contributed by atoms with Gasteiger partial charge in [0.1, 0.15) is 0 Å². The fourth-order valence-electron chi connectivity index (χ4n) is 1.67. The van der Waals surface area contributed by atoms with Gasteiger partial charge < -0.3 is 19.9 Å². The van der Waals surface area contributed by atoms with Crippen molar-refractivity contribution in [2.45, 2.75) is 45.5 Å². The number of hydrogen-bond acceptors (Lipinski definition) is 4. The third kappa shape index (κ3) is 3.40. The number of aliphatic hydroxyl groups is 1. The Hall–Kier alpha value is -0.650. The molecule has 1 heterocycles. The number of amides is 1. The Kier molecular flexibility index (Phi) is 4.52. The van der Waals surface area contributed by atoms with Crippen molar-refractivity contribution in [1.29, 1.82) is 0 Å². The van der Waals surface area contributed by atoms with E-state index in [2.05, 4.69) is 5.32 Å². The Morgan fingerprint density at radius 3 is 2.65 bits per heavy atom. The van der Waals surface area contributed by atoms with Crippen LogP contribution in [0.5, 0.6) is 0 Å². The van der Waals surface area contributed by atoms with Gasteiger partial charge in [-0.3, -0.25) is 4.79 Å². The van der Waals surface area contributed by atoms with Crippen molar-refractivity contribution < 1.29 is 19.4 Å². The quantitative estimate of drug-likeness (QED) is 0.714. The Bertz CT molecular complexity index is 280. The summed E-state index contributed by atoms with van der Waals surface area (Å²) < 4.78 is 11.3. The highest BCUT2D eigenvalue weighted by Crippen LogP contribution is 2.34. The molecular formula is C12H23NO4. The first kappa shape index (κ1) is 14.4. The molecule has 0 bridgehead atoms. The number of hydrogen-bond donors (Lipinski definition) is 2. The number of ether oxygens (including phenoxy) is 2. The van der Waals surface area contributed by atoms with Crippen LogP contribution >= 0.6 is 0 Å². The van der Waals surface area contributed by atoms with E-state index >= 15 is 0 Å². The SMILES string of the molecule is CC1COC(C)(C(=O)NCCCO)OC1(C)C. The molecule has 1 aliphatic rings. The maximum absolute atomic E-state index is 11.9. The lowest BCUT2D eigenvalue weighted by molar-refractivity contribution is -0.311. The topological polar surface area (TPSA) is 67.8 Å². The van der Waals surface area contributed by atoms with Crippen LogP contribution in [0.15, 0.2) is 0 Å². The smallest absolute Gasteiger partial charge is 0.280 e. The fourth-order valence-corrected chi connectivity index (χ4v) is 1.67. The van der Waals surface area contributed by atoms with Crippen molar-refractivity contribution in [2.75, 3.05) is 19.8 Å². The summed E-state index contributed by atoms with van der Waals surface area (Å²) in [5.41, 5.74) is -0.388. The predicted octanol–water partition coefficient (Wildman–Crippen LogP) is 0.663. The molecule has 2 unspecified atom stereocenters. The van der Waals surface area contributed by atoms with Gasteiger partial charge >= 0.3 is 0 Å². The average molecular weight is 245 g/mol. The molecule has 100 valence electrons. The van der Waals surface area contributed by atoms with Crippen LogP contribution < -0.4 is 5.32 Å². The number of aliphatic hydroxyl groups excluding tert-OH is 1. The Balaban J connectivity index is 2.59. The van der Waals surface area contributed by atoms with Gasteiger partial charge in [-0.25, -0.2) is 0 Å². The standard InChI is InChI=1S/C12H23NO4/c1-9-8-16-12(4,17-11(9,2)3)10(15)13-6-5-7-14/h9,14H,5-8H2,1-4H3,(H,13,15). The van der Waals surface area contributed by atoms with Crippen molar-refractivity contribution in [3.8, 4) is 0 Å². The third-order valence-electron chi connectivity index (χ3n) is 3.29. The summed E-state index contributed by atoms with van der Waals surface area (Å²) in [6.45, 7) is 8.56. The second-order valence-corrected chi connectivity index (χ2v) is 5.20. The summed E-state index contributed by atoms with van der Waals surface area (Å²) in [5.74, 6) is -1.28. The zero-order chi connectivity index (χ0) is 13.1. The lowest BCUT2D eigenvalue weighted by Gasteiger charge is -2.45. The maximum Gasteiger partial charge on any atom is 0.280 e. The molecule has 1 amide bonds.